The van der Waals surface area contributed by atoms with Gasteiger partial charge in [0.25, 0.3) is 0 Å². The summed E-state index contributed by atoms with van der Waals surface area (Å²) in [7, 11) is 0. The van der Waals surface area contributed by atoms with E-state index < -0.39 is 17.7 Å². The van der Waals surface area contributed by atoms with Gasteiger partial charge in [0.2, 0.25) is 5.91 Å². The number of carbonyl (C=O) groups is 2. The highest BCUT2D eigenvalue weighted by atomic mass is 19.2. The van der Waals surface area contributed by atoms with Gasteiger partial charge in [0.15, 0.2) is 11.6 Å². The summed E-state index contributed by atoms with van der Waals surface area (Å²) in [5.74, 6) is -2.29. The molecule has 1 aliphatic rings. The Bertz CT molecular complexity index is 826. The number of carbonyl (C=O) groups excluding carboxylic acids is 2. The lowest BCUT2D eigenvalue weighted by Crippen LogP contribution is -2.37. The van der Waals surface area contributed by atoms with Crippen molar-refractivity contribution in [2.24, 2.45) is 0 Å². The molecule has 0 unspecified atom stereocenters. The Labute approximate surface area is 143 Å². The van der Waals surface area contributed by atoms with Gasteiger partial charge in [-0.05, 0) is 36.8 Å². The van der Waals surface area contributed by atoms with Crippen LogP contribution in [0.2, 0.25) is 0 Å². The normalized spacial score (nSPS) is 14.1. The molecule has 0 atom stereocenters. The van der Waals surface area contributed by atoms with Gasteiger partial charge in [-0.15, -0.1) is 0 Å². The predicted octanol–water partition coefficient (Wildman–Crippen LogP) is 3.15. The third kappa shape index (κ3) is 3.76. The third-order valence-corrected chi connectivity index (χ3v) is 3.95. The Morgan fingerprint density at radius 3 is 2.64 bits per heavy atom. The number of hydrogen-bond donors (Lipinski definition) is 1. The van der Waals surface area contributed by atoms with Crippen LogP contribution in [0.25, 0.3) is 0 Å². The van der Waals surface area contributed by atoms with Gasteiger partial charge in [0.1, 0.15) is 6.54 Å². The minimum absolute atomic E-state index is 0.104. The van der Waals surface area contributed by atoms with Gasteiger partial charge in [-0.1, -0.05) is 12.1 Å². The van der Waals surface area contributed by atoms with Crippen molar-refractivity contribution in [3.05, 3.63) is 59.7 Å². The number of anilines is 2. The topological polar surface area (TPSA) is 52.7 Å². The maximum atomic E-state index is 13.4. The first-order chi connectivity index (χ1) is 11.9. The summed E-state index contributed by atoms with van der Waals surface area (Å²) in [6.07, 6.45) is 0. The number of hydrogen-bond acceptors (Lipinski definition) is 2. The number of nitrogens with zero attached hydrogens (tertiary/aromatic N) is 2. The van der Waals surface area contributed by atoms with Crippen LogP contribution in [0, 0.1) is 18.6 Å². The zero-order valence-electron chi connectivity index (χ0n) is 13.6. The number of aryl methyl sites for hydroxylation is 1. The lowest BCUT2D eigenvalue weighted by molar-refractivity contribution is -0.116. The number of nitrogens with one attached hydrogen (secondary N) is 1. The summed E-state index contributed by atoms with van der Waals surface area (Å²) in [5, 5.41) is 2.74. The van der Waals surface area contributed by atoms with Crippen LogP contribution in [-0.4, -0.2) is 36.5 Å². The molecule has 1 aliphatic heterocycles. The van der Waals surface area contributed by atoms with E-state index in [-0.39, 0.29) is 18.1 Å². The van der Waals surface area contributed by atoms with E-state index in [1.54, 1.807) is 6.07 Å². The molecule has 7 heteroatoms. The summed E-state index contributed by atoms with van der Waals surface area (Å²) in [6.45, 7) is 2.45. The molecule has 2 aromatic rings. The molecule has 3 rings (SSSR count). The molecule has 1 heterocycles. The lowest BCUT2D eigenvalue weighted by Gasteiger charge is -2.18. The quantitative estimate of drug-likeness (QED) is 0.925. The number of halogens is 2. The van der Waals surface area contributed by atoms with Crippen molar-refractivity contribution in [1.82, 2.24) is 4.90 Å². The Balaban J connectivity index is 1.63. The van der Waals surface area contributed by atoms with Crippen molar-refractivity contribution >= 4 is 23.3 Å². The van der Waals surface area contributed by atoms with Crippen LogP contribution in [0.4, 0.5) is 25.0 Å². The second-order valence-electron chi connectivity index (χ2n) is 5.87. The van der Waals surface area contributed by atoms with Gasteiger partial charge in [0.05, 0.1) is 0 Å². The molecule has 0 bridgehead atoms. The second kappa shape index (κ2) is 6.88. The maximum absolute atomic E-state index is 13.4. The molecule has 0 aliphatic carbocycles. The molecule has 5 nitrogen and oxygen atoms in total. The van der Waals surface area contributed by atoms with Gasteiger partial charge in [-0.3, -0.25) is 9.69 Å². The number of urea groups is 1. The smallest absolute Gasteiger partial charge is 0.325 e. The molecule has 1 saturated heterocycles. The molecule has 2 aromatic carbocycles. The van der Waals surface area contributed by atoms with E-state index in [1.165, 1.54) is 15.9 Å². The predicted molar refractivity (Wildman–Crippen MR) is 90.5 cm³/mol. The van der Waals surface area contributed by atoms with E-state index in [1.807, 2.05) is 25.1 Å². The van der Waals surface area contributed by atoms with Crippen molar-refractivity contribution in [2.75, 3.05) is 29.9 Å². The Morgan fingerprint density at radius 1 is 1.12 bits per heavy atom. The van der Waals surface area contributed by atoms with E-state index in [2.05, 4.69) is 5.32 Å². The highest BCUT2D eigenvalue weighted by Gasteiger charge is 2.31. The highest BCUT2D eigenvalue weighted by molar-refractivity contribution is 5.99. The monoisotopic (exact) mass is 345 g/mol. The van der Waals surface area contributed by atoms with Gasteiger partial charge >= 0.3 is 6.03 Å². The molecule has 3 amide bonds. The van der Waals surface area contributed by atoms with E-state index in [4.69, 9.17) is 0 Å². The molecule has 0 aromatic heterocycles. The SMILES string of the molecule is Cc1cccc(NC(=O)CN2CCN(c3ccc(F)c(F)c3)C2=O)c1. The number of benzene rings is 2. The molecule has 25 heavy (non-hydrogen) atoms. The first kappa shape index (κ1) is 16.9. The minimum atomic E-state index is -1.01. The van der Waals surface area contributed by atoms with Crippen LogP contribution in [0.1, 0.15) is 5.56 Å². The summed E-state index contributed by atoms with van der Waals surface area (Å²) in [4.78, 5) is 27.2. The number of rotatable bonds is 4. The second-order valence-corrected chi connectivity index (χ2v) is 5.87. The third-order valence-electron chi connectivity index (χ3n) is 3.95. The van der Waals surface area contributed by atoms with Gasteiger partial charge in [-0.2, -0.15) is 0 Å². The van der Waals surface area contributed by atoms with Gasteiger partial charge < -0.3 is 10.2 Å². The van der Waals surface area contributed by atoms with Crippen LogP contribution < -0.4 is 10.2 Å². The fraction of sp³-hybridized carbons (Fsp3) is 0.222. The van der Waals surface area contributed by atoms with Gasteiger partial charge in [-0.25, -0.2) is 13.6 Å². The molecular weight excluding hydrogens is 328 g/mol. The van der Waals surface area contributed by atoms with Crippen LogP contribution >= 0.6 is 0 Å². The van der Waals surface area contributed by atoms with E-state index in [9.17, 15) is 18.4 Å². The molecule has 0 saturated carbocycles. The molecule has 0 radical (unpaired) electrons. The first-order valence-corrected chi connectivity index (χ1v) is 7.82. The van der Waals surface area contributed by atoms with Crippen molar-refractivity contribution < 1.29 is 18.4 Å². The fourth-order valence-electron chi connectivity index (χ4n) is 2.72. The first-order valence-electron chi connectivity index (χ1n) is 7.82. The Morgan fingerprint density at radius 2 is 1.92 bits per heavy atom. The zero-order chi connectivity index (χ0) is 18.0. The molecule has 130 valence electrons. The summed E-state index contributed by atoms with van der Waals surface area (Å²) in [6, 6.07) is 10.2. The van der Waals surface area contributed by atoms with Crippen LogP contribution in [0.15, 0.2) is 42.5 Å². The Hall–Kier alpha value is -2.96. The van der Waals surface area contributed by atoms with Crippen molar-refractivity contribution in [3.63, 3.8) is 0 Å². The summed E-state index contributed by atoms with van der Waals surface area (Å²) >= 11 is 0. The van der Waals surface area contributed by atoms with Crippen LogP contribution in [-0.2, 0) is 4.79 Å². The Kier molecular flexibility index (Phi) is 4.65. The summed E-state index contributed by atoms with van der Waals surface area (Å²) < 4.78 is 26.4. The molecule has 0 spiro atoms. The van der Waals surface area contributed by atoms with Crippen molar-refractivity contribution in [3.8, 4) is 0 Å². The standard InChI is InChI=1S/C18H17F2N3O2/c1-12-3-2-4-13(9-12)21-17(24)11-22-7-8-23(18(22)25)14-5-6-15(19)16(20)10-14/h2-6,9-10H,7-8,11H2,1H3,(H,21,24). The number of amides is 3. The zero-order valence-corrected chi connectivity index (χ0v) is 13.6. The van der Waals surface area contributed by atoms with Crippen molar-refractivity contribution in [2.45, 2.75) is 6.92 Å². The average Bonchev–Trinajstić information content (AvgIpc) is 2.91. The lowest BCUT2D eigenvalue weighted by atomic mass is 10.2. The van der Waals surface area contributed by atoms with Crippen molar-refractivity contribution in [1.29, 1.82) is 0 Å². The molecule has 1 fully saturated rings. The van der Waals surface area contributed by atoms with E-state index in [0.717, 1.165) is 17.7 Å². The average molecular weight is 345 g/mol. The maximum Gasteiger partial charge on any atom is 0.325 e. The van der Waals surface area contributed by atoms with E-state index >= 15 is 0 Å². The summed E-state index contributed by atoms with van der Waals surface area (Å²) in [5.41, 5.74) is 1.94. The highest BCUT2D eigenvalue weighted by Crippen LogP contribution is 2.22. The van der Waals surface area contributed by atoms with Gasteiger partial charge in [0, 0.05) is 30.5 Å². The van der Waals surface area contributed by atoms with Crippen LogP contribution in [0.3, 0.4) is 0 Å². The van der Waals surface area contributed by atoms with Crippen LogP contribution in [0.5, 0.6) is 0 Å². The fourth-order valence-corrected chi connectivity index (χ4v) is 2.72. The van der Waals surface area contributed by atoms with E-state index in [0.29, 0.717) is 18.8 Å². The molecular formula is C18H17F2N3O2. The largest absolute Gasteiger partial charge is 0.325 e. The molecule has 1 N–H and O–H groups in total. The minimum Gasteiger partial charge on any atom is -0.325 e.